The molecule has 0 heterocycles. The lowest BCUT2D eigenvalue weighted by Gasteiger charge is -2.03. The zero-order chi connectivity index (χ0) is 9.84. The lowest BCUT2D eigenvalue weighted by atomic mass is 10.2. The molecule has 0 spiro atoms. The molecule has 0 radical (unpaired) electrons. The molecule has 0 saturated carbocycles. The topological polar surface area (TPSA) is 35.5 Å². The average Bonchev–Trinajstić information content (AvgIpc) is 2.11. The number of aryl methyl sites for hydroxylation is 1. The standard InChI is InChI=1S/C9H9ClO3/c1-6-5-7(3-4-8(6)10)13-9(11)12-2/h3-5H,1-2H3. The maximum Gasteiger partial charge on any atom is 0.513 e. The van der Waals surface area contributed by atoms with Gasteiger partial charge in [-0.15, -0.1) is 0 Å². The molecule has 0 N–H and O–H groups in total. The van der Waals surface area contributed by atoms with Crippen LogP contribution in [-0.2, 0) is 4.74 Å². The van der Waals surface area contributed by atoms with Gasteiger partial charge in [0.25, 0.3) is 0 Å². The molecule has 4 heteroatoms. The van der Waals surface area contributed by atoms with Crippen molar-refractivity contribution in [1.82, 2.24) is 0 Å². The number of benzene rings is 1. The van der Waals surface area contributed by atoms with Crippen molar-refractivity contribution in [3.63, 3.8) is 0 Å². The Morgan fingerprint density at radius 3 is 2.69 bits per heavy atom. The fourth-order valence-corrected chi connectivity index (χ4v) is 0.936. The number of carbonyl (C=O) groups excluding carboxylic acids is 1. The molecular formula is C9H9ClO3. The molecule has 0 aliphatic carbocycles. The highest BCUT2D eigenvalue weighted by atomic mass is 35.5. The highest BCUT2D eigenvalue weighted by Crippen LogP contribution is 2.21. The van der Waals surface area contributed by atoms with E-state index in [4.69, 9.17) is 16.3 Å². The maximum absolute atomic E-state index is 10.7. The first-order valence-corrected chi connectivity index (χ1v) is 4.03. The summed E-state index contributed by atoms with van der Waals surface area (Å²) < 4.78 is 9.11. The molecule has 1 rings (SSSR count). The Hall–Kier alpha value is -1.22. The van der Waals surface area contributed by atoms with Crippen LogP contribution < -0.4 is 4.74 Å². The third-order valence-electron chi connectivity index (χ3n) is 1.50. The Morgan fingerprint density at radius 2 is 2.15 bits per heavy atom. The largest absolute Gasteiger partial charge is 0.513 e. The fraction of sp³-hybridized carbons (Fsp3) is 0.222. The van der Waals surface area contributed by atoms with Gasteiger partial charge in [-0.25, -0.2) is 4.79 Å². The summed E-state index contributed by atoms with van der Waals surface area (Å²) in [5, 5.41) is 0.636. The van der Waals surface area contributed by atoms with Crippen LogP contribution in [0.25, 0.3) is 0 Å². The molecule has 1 aromatic rings. The summed E-state index contributed by atoms with van der Waals surface area (Å²) in [5.41, 5.74) is 0.850. The molecular weight excluding hydrogens is 192 g/mol. The van der Waals surface area contributed by atoms with Crippen molar-refractivity contribution in [1.29, 1.82) is 0 Å². The highest BCUT2D eigenvalue weighted by Gasteiger charge is 2.04. The SMILES string of the molecule is COC(=O)Oc1ccc(Cl)c(C)c1. The van der Waals surface area contributed by atoms with E-state index in [1.807, 2.05) is 6.92 Å². The molecule has 1 aromatic carbocycles. The second-order valence-electron chi connectivity index (χ2n) is 2.47. The summed E-state index contributed by atoms with van der Waals surface area (Å²) in [5.74, 6) is 0.425. The van der Waals surface area contributed by atoms with Gasteiger partial charge in [0, 0.05) is 5.02 Å². The summed E-state index contributed by atoms with van der Waals surface area (Å²) >= 11 is 5.78. The Bertz CT molecular complexity index is 323. The summed E-state index contributed by atoms with van der Waals surface area (Å²) in [6, 6.07) is 4.93. The smallest absolute Gasteiger partial charge is 0.437 e. The van der Waals surface area contributed by atoms with Gasteiger partial charge in [-0.2, -0.15) is 0 Å². The summed E-state index contributed by atoms with van der Waals surface area (Å²) in [6.07, 6.45) is -0.735. The van der Waals surface area contributed by atoms with Gasteiger partial charge in [0.1, 0.15) is 5.75 Å². The van der Waals surface area contributed by atoms with Gasteiger partial charge >= 0.3 is 6.16 Å². The second-order valence-corrected chi connectivity index (χ2v) is 2.87. The van der Waals surface area contributed by atoms with Crippen LogP contribution in [0.3, 0.4) is 0 Å². The van der Waals surface area contributed by atoms with E-state index in [2.05, 4.69) is 4.74 Å². The summed E-state index contributed by atoms with van der Waals surface area (Å²) in [4.78, 5) is 10.7. The Balaban J connectivity index is 2.79. The van der Waals surface area contributed by atoms with E-state index in [9.17, 15) is 4.79 Å². The minimum Gasteiger partial charge on any atom is -0.437 e. The first-order chi connectivity index (χ1) is 6.13. The Labute approximate surface area is 81.2 Å². The van der Waals surface area contributed by atoms with Gasteiger partial charge in [0.2, 0.25) is 0 Å². The minimum absolute atomic E-state index is 0.425. The highest BCUT2D eigenvalue weighted by molar-refractivity contribution is 6.31. The number of halogens is 1. The van der Waals surface area contributed by atoms with E-state index in [-0.39, 0.29) is 0 Å². The Morgan fingerprint density at radius 1 is 1.46 bits per heavy atom. The first-order valence-electron chi connectivity index (χ1n) is 3.65. The van der Waals surface area contributed by atoms with Crippen molar-refractivity contribution in [2.24, 2.45) is 0 Å². The van der Waals surface area contributed by atoms with E-state index >= 15 is 0 Å². The Kier molecular flexibility index (Phi) is 3.14. The molecule has 0 atom stereocenters. The van der Waals surface area contributed by atoms with Crippen molar-refractivity contribution in [3.05, 3.63) is 28.8 Å². The third kappa shape index (κ3) is 2.63. The van der Waals surface area contributed by atoms with Crippen LogP contribution in [0, 0.1) is 6.92 Å². The van der Waals surface area contributed by atoms with Crippen LogP contribution in [0.4, 0.5) is 4.79 Å². The predicted octanol–water partition coefficient (Wildman–Crippen LogP) is 2.79. The zero-order valence-electron chi connectivity index (χ0n) is 7.33. The monoisotopic (exact) mass is 200 g/mol. The lowest BCUT2D eigenvalue weighted by molar-refractivity contribution is 0.121. The van der Waals surface area contributed by atoms with Crippen molar-refractivity contribution in [2.75, 3.05) is 7.11 Å². The van der Waals surface area contributed by atoms with E-state index in [1.54, 1.807) is 18.2 Å². The van der Waals surface area contributed by atoms with Crippen molar-refractivity contribution in [3.8, 4) is 5.75 Å². The van der Waals surface area contributed by atoms with Gasteiger partial charge in [-0.3, -0.25) is 0 Å². The van der Waals surface area contributed by atoms with Crippen LogP contribution in [0.1, 0.15) is 5.56 Å². The molecule has 13 heavy (non-hydrogen) atoms. The normalized spacial score (nSPS) is 9.46. The van der Waals surface area contributed by atoms with Gasteiger partial charge in [0.05, 0.1) is 7.11 Å². The van der Waals surface area contributed by atoms with Gasteiger partial charge in [0.15, 0.2) is 0 Å². The van der Waals surface area contributed by atoms with Crippen LogP contribution in [0.5, 0.6) is 5.75 Å². The molecule has 0 amide bonds. The molecule has 0 saturated heterocycles. The number of carbonyl (C=O) groups is 1. The lowest BCUT2D eigenvalue weighted by Crippen LogP contribution is -2.07. The van der Waals surface area contributed by atoms with Crippen LogP contribution >= 0.6 is 11.6 Å². The number of hydrogen-bond donors (Lipinski definition) is 0. The molecule has 70 valence electrons. The maximum atomic E-state index is 10.7. The average molecular weight is 201 g/mol. The summed E-state index contributed by atoms with van der Waals surface area (Å²) in [7, 11) is 1.26. The number of rotatable bonds is 1. The van der Waals surface area contributed by atoms with Crippen LogP contribution in [0.2, 0.25) is 5.02 Å². The fourth-order valence-electron chi connectivity index (χ4n) is 0.819. The number of hydrogen-bond acceptors (Lipinski definition) is 3. The van der Waals surface area contributed by atoms with E-state index < -0.39 is 6.16 Å². The van der Waals surface area contributed by atoms with Gasteiger partial charge in [-0.05, 0) is 30.7 Å². The van der Waals surface area contributed by atoms with Crippen LogP contribution in [-0.4, -0.2) is 13.3 Å². The minimum atomic E-state index is -0.735. The number of methoxy groups -OCH3 is 1. The molecule has 0 aliphatic heterocycles. The molecule has 0 bridgehead atoms. The van der Waals surface area contributed by atoms with E-state index in [0.717, 1.165) is 5.56 Å². The molecule has 0 aliphatic rings. The van der Waals surface area contributed by atoms with Gasteiger partial charge < -0.3 is 9.47 Å². The predicted molar refractivity (Wildman–Crippen MR) is 49.2 cm³/mol. The number of ether oxygens (including phenoxy) is 2. The second kappa shape index (κ2) is 4.14. The first kappa shape index (κ1) is 9.86. The van der Waals surface area contributed by atoms with Crippen molar-refractivity contribution < 1.29 is 14.3 Å². The quantitative estimate of drug-likeness (QED) is 0.517. The van der Waals surface area contributed by atoms with Crippen LogP contribution in [0.15, 0.2) is 18.2 Å². The van der Waals surface area contributed by atoms with E-state index in [0.29, 0.717) is 10.8 Å². The zero-order valence-corrected chi connectivity index (χ0v) is 8.09. The molecule has 0 fully saturated rings. The van der Waals surface area contributed by atoms with Crippen molar-refractivity contribution >= 4 is 17.8 Å². The molecule has 0 unspecified atom stereocenters. The van der Waals surface area contributed by atoms with Gasteiger partial charge in [-0.1, -0.05) is 11.6 Å². The molecule has 0 aromatic heterocycles. The summed E-state index contributed by atoms with van der Waals surface area (Å²) in [6.45, 7) is 1.83. The van der Waals surface area contributed by atoms with Crippen molar-refractivity contribution in [2.45, 2.75) is 6.92 Å². The molecule has 3 nitrogen and oxygen atoms in total. The van der Waals surface area contributed by atoms with E-state index in [1.165, 1.54) is 7.11 Å². The third-order valence-corrected chi connectivity index (χ3v) is 1.92.